The van der Waals surface area contributed by atoms with Crippen molar-refractivity contribution in [1.29, 1.82) is 0 Å². The lowest BCUT2D eigenvalue weighted by Gasteiger charge is -2.50. The van der Waals surface area contributed by atoms with Gasteiger partial charge < -0.3 is 4.74 Å². The molecule has 0 bridgehead atoms. The Balaban J connectivity index is 1.65. The van der Waals surface area contributed by atoms with E-state index in [9.17, 15) is 0 Å². The maximum atomic E-state index is 6.63. The van der Waals surface area contributed by atoms with Gasteiger partial charge >= 0.3 is 0 Å². The number of thiophene rings is 1. The summed E-state index contributed by atoms with van der Waals surface area (Å²) < 4.78 is 6.63. The van der Waals surface area contributed by atoms with Crippen LogP contribution in [0, 0.1) is 0 Å². The number of ether oxygens (including phenoxy) is 1. The average Bonchev–Trinajstić information content (AvgIpc) is 3.42. The minimum atomic E-state index is -0.430. The van der Waals surface area contributed by atoms with Crippen molar-refractivity contribution >= 4 is 11.3 Å². The van der Waals surface area contributed by atoms with Gasteiger partial charge in [0.1, 0.15) is 11.5 Å². The standard InChI is InChI=1S/C32H24OS/c1-31(2)22-10-3-5-12-24(22)32(25-13-6-4-11-23(25)31)26-14-7-8-15-28(26)33-29-20-21(17-18-27(29)32)30-16-9-19-34-30/h3-20H,1-2H3. The number of rotatable bonds is 1. The van der Waals surface area contributed by atoms with E-state index in [-0.39, 0.29) is 5.41 Å². The van der Waals surface area contributed by atoms with E-state index < -0.39 is 5.41 Å². The van der Waals surface area contributed by atoms with E-state index in [1.807, 2.05) is 0 Å². The normalized spacial score (nSPS) is 16.1. The first-order valence-corrected chi connectivity index (χ1v) is 12.7. The fourth-order valence-corrected chi connectivity index (χ4v) is 6.95. The highest BCUT2D eigenvalue weighted by Gasteiger charge is 2.52. The average molecular weight is 457 g/mol. The summed E-state index contributed by atoms with van der Waals surface area (Å²) in [4.78, 5) is 1.25. The topological polar surface area (TPSA) is 9.23 Å². The Bertz CT molecular complexity index is 1510. The van der Waals surface area contributed by atoms with Crippen molar-refractivity contribution in [2.75, 3.05) is 0 Å². The summed E-state index contributed by atoms with van der Waals surface area (Å²) in [6, 6.07) is 37.6. The monoisotopic (exact) mass is 456 g/mol. The first kappa shape index (κ1) is 19.8. The molecule has 0 unspecified atom stereocenters. The molecule has 0 amide bonds. The summed E-state index contributed by atoms with van der Waals surface area (Å²) in [5.74, 6) is 1.87. The molecule has 0 radical (unpaired) electrons. The summed E-state index contributed by atoms with van der Waals surface area (Å²) >= 11 is 1.76. The highest BCUT2D eigenvalue weighted by Crippen LogP contribution is 2.61. The van der Waals surface area contributed by atoms with Crippen molar-refractivity contribution < 1.29 is 4.74 Å². The van der Waals surface area contributed by atoms with Crippen LogP contribution >= 0.6 is 11.3 Å². The maximum Gasteiger partial charge on any atom is 0.132 e. The van der Waals surface area contributed by atoms with Gasteiger partial charge in [-0.25, -0.2) is 0 Å². The molecule has 0 saturated carbocycles. The van der Waals surface area contributed by atoms with Gasteiger partial charge in [0, 0.05) is 21.4 Å². The zero-order valence-electron chi connectivity index (χ0n) is 19.2. The predicted octanol–water partition coefficient (Wildman–Crippen LogP) is 8.54. The molecular weight excluding hydrogens is 432 g/mol. The van der Waals surface area contributed by atoms with Gasteiger partial charge in [-0.2, -0.15) is 0 Å². The number of hydrogen-bond acceptors (Lipinski definition) is 2. The number of para-hydroxylation sites is 1. The molecule has 2 aliphatic rings. The van der Waals surface area contributed by atoms with Crippen LogP contribution in [0.15, 0.2) is 109 Å². The van der Waals surface area contributed by atoms with Gasteiger partial charge in [0.15, 0.2) is 0 Å². The van der Waals surface area contributed by atoms with Gasteiger partial charge in [0.05, 0.1) is 5.41 Å². The van der Waals surface area contributed by atoms with Crippen LogP contribution in [0.25, 0.3) is 10.4 Å². The molecule has 1 nitrogen and oxygen atoms in total. The molecule has 0 saturated heterocycles. The molecule has 1 aliphatic carbocycles. The third-order valence-electron chi connectivity index (χ3n) is 7.71. The SMILES string of the molecule is CC1(C)c2ccccc2C2(c3ccccc3Oc3cc(-c4cccs4)ccc32)c2ccccc21. The Hall–Kier alpha value is -3.62. The number of benzene rings is 4. The van der Waals surface area contributed by atoms with Crippen LogP contribution in [0.3, 0.4) is 0 Å². The fraction of sp³-hybridized carbons (Fsp3) is 0.125. The summed E-state index contributed by atoms with van der Waals surface area (Å²) in [7, 11) is 0. The third kappa shape index (κ3) is 2.44. The number of hydrogen-bond donors (Lipinski definition) is 0. The van der Waals surface area contributed by atoms with E-state index in [0.29, 0.717) is 0 Å². The molecule has 2 heterocycles. The van der Waals surface area contributed by atoms with Crippen LogP contribution < -0.4 is 4.74 Å². The molecule has 0 fully saturated rings. The molecule has 4 aromatic carbocycles. The Labute approximate surface area is 204 Å². The summed E-state index contributed by atoms with van der Waals surface area (Å²) in [6.45, 7) is 4.70. The zero-order chi connectivity index (χ0) is 22.9. The highest BCUT2D eigenvalue weighted by atomic mass is 32.1. The second kappa shape index (κ2) is 6.94. The van der Waals surface area contributed by atoms with Crippen molar-refractivity contribution in [1.82, 2.24) is 0 Å². The van der Waals surface area contributed by atoms with Gasteiger partial charge in [-0.05, 0) is 51.4 Å². The molecule has 1 aliphatic heterocycles. The Morgan fingerprint density at radius 3 is 1.79 bits per heavy atom. The lowest BCUT2D eigenvalue weighted by Crippen LogP contribution is -2.43. The van der Waals surface area contributed by atoms with E-state index in [1.165, 1.54) is 43.8 Å². The van der Waals surface area contributed by atoms with Crippen molar-refractivity contribution in [3.8, 4) is 21.9 Å². The van der Waals surface area contributed by atoms with E-state index in [1.54, 1.807) is 11.3 Å². The first-order chi connectivity index (χ1) is 16.6. The van der Waals surface area contributed by atoms with E-state index in [2.05, 4.69) is 122 Å². The third-order valence-corrected chi connectivity index (χ3v) is 8.63. The van der Waals surface area contributed by atoms with Crippen molar-refractivity contribution in [3.05, 3.63) is 142 Å². The number of fused-ring (bicyclic) bond motifs is 8. The lowest BCUT2D eigenvalue weighted by molar-refractivity contribution is 0.425. The van der Waals surface area contributed by atoms with Crippen LogP contribution in [-0.2, 0) is 10.8 Å². The van der Waals surface area contributed by atoms with Crippen molar-refractivity contribution in [2.24, 2.45) is 0 Å². The van der Waals surface area contributed by atoms with Gasteiger partial charge in [-0.3, -0.25) is 0 Å². The first-order valence-electron chi connectivity index (χ1n) is 11.8. The predicted molar refractivity (Wildman–Crippen MR) is 140 cm³/mol. The van der Waals surface area contributed by atoms with Crippen molar-refractivity contribution in [2.45, 2.75) is 24.7 Å². The Kier molecular flexibility index (Phi) is 4.05. The smallest absolute Gasteiger partial charge is 0.132 e. The van der Waals surface area contributed by atoms with Crippen molar-refractivity contribution in [3.63, 3.8) is 0 Å². The molecule has 0 atom stereocenters. The largest absolute Gasteiger partial charge is 0.457 e. The van der Waals surface area contributed by atoms with E-state index in [0.717, 1.165) is 11.5 Å². The summed E-state index contributed by atoms with van der Waals surface area (Å²) in [5, 5.41) is 2.13. The van der Waals surface area contributed by atoms with Gasteiger partial charge in [0.25, 0.3) is 0 Å². The van der Waals surface area contributed by atoms with Crippen LogP contribution in [-0.4, -0.2) is 0 Å². The zero-order valence-corrected chi connectivity index (χ0v) is 20.0. The summed E-state index contributed by atoms with van der Waals surface area (Å²) in [5.41, 5.74) is 8.53. The quantitative estimate of drug-likeness (QED) is 0.241. The maximum absolute atomic E-state index is 6.63. The molecule has 7 rings (SSSR count). The van der Waals surface area contributed by atoms with Crippen LogP contribution in [0.5, 0.6) is 11.5 Å². The van der Waals surface area contributed by atoms with E-state index in [4.69, 9.17) is 4.74 Å². The second-order valence-electron chi connectivity index (χ2n) is 9.75. The van der Waals surface area contributed by atoms with E-state index >= 15 is 0 Å². The van der Waals surface area contributed by atoms with Gasteiger partial charge in [-0.15, -0.1) is 11.3 Å². The van der Waals surface area contributed by atoms with Crippen LogP contribution in [0.1, 0.15) is 47.2 Å². The van der Waals surface area contributed by atoms with Crippen LogP contribution in [0.4, 0.5) is 0 Å². The minimum Gasteiger partial charge on any atom is -0.457 e. The molecule has 164 valence electrons. The highest BCUT2D eigenvalue weighted by molar-refractivity contribution is 7.13. The molecule has 0 N–H and O–H groups in total. The molecule has 1 aromatic heterocycles. The second-order valence-corrected chi connectivity index (χ2v) is 10.7. The molecular formula is C32H24OS. The van der Waals surface area contributed by atoms with Gasteiger partial charge in [-0.1, -0.05) is 98.8 Å². The molecule has 2 heteroatoms. The Morgan fingerprint density at radius 2 is 1.15 bits per heavy atom. The molecule has 5 aromatic rings. The lowest BCUT2D eigenvalue weighted by atomic mass is 9.53. The van der Waals surface area contributed by atoms with Gasteiger partial charge in [0.2, 0.25) is 0 Å². The molecule has 34 heavy (non-hydrogen) atoms. The summed E-state index contributed by atoms with van der Waals surface area (Å²) in [6.07, 6.45) is 0. The van der Waals surface area contributed by atoms with Crippen LogP contribution in [0.2, 0.25) is 0 Å². The Morgan fingerprint density at radius 1 is 0.559 bits per heavy atom. The minimum absolute atomic E-state index is 0.0945. The molecule has 1 spiro atoms. The fourth-order valence-electron chi connectivity index (χ4n) is 6.22.